The second kappa shape index (κ2) is 3.04. The average Bonchev–Trinajstić information content (AvgIpc) is 1.82. The molecule has 0 aliphatic heterocycles. The smallest absolute Gasteiger partial charge is 0.159 e. The van der Waals surface area contributed by atoms with E-state index in [4.69, 9.17) is 0 Å². The maximum atomic E-state index is 11.6. The highest BCUT2D eigenvalue weighted by molar-refractivity contribution is 5.97. The molecule has 68 valence electrons. The number of carbonyl (C=O) groups is 1. The highest BCUT2D eigenvalue weighted by Gasteiger charge is 2.27. The molecule has 0 radical (unpaired) electrons. The Hall–Kier alpha value is -0.590. The van der Waals surface area contributed by atoms with Gasteiger partial charge < -0.3 is 0 Å². The van der Waals surface area contributed by atoms with Gasteiger partial charge in [0, 0.05) is 6.42 Å². The first-order chi connectivity index (χ1) is 5.43. The van der Waals surface area contributed by atoms with Gasteiger partial charge in [0.15, 0.2) is 5.78 Å². The second-order valence-electron chi connectivity index (χ2n) is 4.68. The van der Waals surface area contributed by atoms with Gasteiger partial charge in [0.25, 0.3) is 0 Å². The van der Waals surface area contributed by atoms with E-state index in [9.17, 15) is 4.79 Å². The first-order valence-corrected chi connectivity index (χ1v) is 4.66. The lowest BCUT2D eigenvalue weighted by atomic mass is 9.76. The van der Waals surface area contributed by atoms with Crippen LogP contribution in [-0.4, -0.2) is 5.78 Å². The number of rotatable bonds is 0. The van der Waals surface area contributed by atoms with E-state index in [0.717, 1.165) is 24.8 Å². The Morgan fingerprint density at radius 2 is 1.75 bits per heavy atom. The van der Waals surface area contributed by atoms with Gasteiger partial charge in [0.05, 0.1) is 0 Å². The number of allylic oxidation sites excluding steroid dienone is 2. The quantitative estimate of drug-likeness (QED) is 0.540. The summed E-state index contributed by atoms with van der Waals surface area (Å²) in [5.41, 5.74) is 2.43. The zero-order valence-electron chi connectivity index (χ0n) is 8.53. The molecule has 0 fully saturated rings. The molecule has 0 aromatic rings. The molecule has 0 spiro atoms. The molecule has 0 saturated carbocycles. The molecule has 0 amide bonds. The summed E-state index contributed by atoms with van der Waals surface area (Å²) < 4.78 is 0. The average molecular weight is 166 g/mol. The van der Waals surface area contributed by atoms with E-state index in [0.29, 0.717) is 5.78 Å². The predicted octanol–water partition coefficient (Wildman–Crippen LogP) is 3.10. The summed E-state index contributed by atoms with van der Waals surface area (Å²) in [4.78, 5) is 11.6. The lowest BCUT2D eigenvalue weighted by Gasteiger charge is -2.27. The summed E-state index contributed by atoms with van der Waals surface area (Å²) in [6.07, 6.45) is 2.91. The van der Waals surface area contributed by atoms with Crippen molar-refractivity contribution in [3.05, 3.63) is 11.1 Å². The van der Waals surface area contributed by atoms with E-state index in [-0.39, 0.29) is 5.41 Å². The van der Waals surface area contributed by atoms with Gasteiger partial charge in [-0.2, -0.15) is 0 Å². The Morgan fingerprint density at radius 3 is 2.08 bits per heavy atom. The van der Waals surface area contributed by atoms with Crippen molar-refractivity contribution in [3.63, 3.8) is 0 Å². The monoisotopic (exact) mass is 166 g/mol. The standard InChI is InChI=1S/C11H18O/c1-8-6-5-7-9(12)10(8)11(2,3)4/h5-7H2,1-4H3. The topological polar surface area (TPSA) is 17.1 Å². The van der Waals surface area contributed by atoms with Crippen molar-refractivity contribution in [1.82, 2.24) is 0 Å². The highest BCUT2D eigenvalue weighted by Crippen LogP contribution is 2.34. The van der Waals surface area contributed by atoms with Gasteiger partial charge in [0.1, 0.15) is 0 Å². The molecule has 1 nitrogen and oxygen atoms in total. The zero-order chi connectivity index (χ0) is 9.35. The van der Waals surface area contributed by atoms with Gasteiger partial charge >= 0.3 is 0 Å². The van der Waals surface area contributed by atoms with Crippen molar-refractivity contribution >= 4 is 5.78 Å². The van der Waals surface area contributed by atoms with Crippen LogP contribution in [0.2, 0.25) is 0 Å². The van der Waals surface area contributed by atoms with Crippen molar-refractivity contribution in [2.75, 3.05) is 0 Å². The Morgan fingerprint density at radius 1 is 1.17 bits per heavy atom. The molecule has 12 heavy (non-hydrogen) atoms. The molecule has 1 aliphatic carbocycles. The molecular formula is C11H18O. The zero-order valence-corrected chi connectivity index (χ0v) is 8.53. The van der Waals surface area contributed by atoms with Crippen LogP contribution in [0.3, 0.4) is 0 Å². The van der Waals surface area contributed by atoms with E-state index < -0.39 is 0 Å². The van der Waals surface area contributed by atoms with Gasteiger partial charge in [-0.1, -0.05) is 26.3 Å². The predicted molar refractivity (Wildman–Crippen MR) is 51.0 cm³/mol. The first-order valence-electron chi connectivity index (χ1n) is 4.66. The fourth-order valence-electron chi connectivity index (χ4n) is 2.06. The summed E-state index contributed by atoms with van der Waals surface area (Å²) in [6, 6.07) is 0. The molecule has 0 heterocycles. The molecule has 0 aromatic heterocycles. The lowest BCUT2D eigenvalue weighted by molar-refractivity contribution is -0.117. The Balaban J connectivity index is 3.05. The highest BCUT2D eigenvalue weighted by atomic mass is 16.1. The second-order valence-corrected chi connectivity index (χ2v) is 4.68. The maximum Gasteiger partial charge on any atom is 0.159 e. The van der Waals surface area contributed by atoms with Crippen LogP contribution in [0.15, 0.2) is 11.1 Å². The third kappa shape index (κ3) is 1.77. The SMILES string of the molecule is CC1=C(C(C)(C)C)C(=O)CCC1. The van der Waals surface area contributed by atoms with E-state index in [1.165, 1.54) is 5.57 Å². The Labute approximate surface area is 74.9 Å². The molecule has 1 aliphatic rings. The number of hydrogen-bond acceptors (Lipinski definition) is 1. The number of carbonyl (C=O) groups excluding carboxylic acids is 1. The van der Waals surface area contributed by atoms with E-state index in [1.807, 2.05) is 0 Å². The molecule has 0 N–H and O–H groups in total. The van der Waals surface area contributed by atoms with Gasteiger partial charge in [-0.3, -0.25) is 4.79 Å². The fraction of sp³-hybridized carbons (Fsp3) is 0.727. The number of hydrogen-bond donors (Lipinski definition) is 0. The van der Waals surface area contributed by atoms with Crippen LogP contribution in [0.4, 0.5) is 0 Å². The minimum Gasteiger partial charge on any atom is -0.295 e. The maximum absolute atomic E-state index is 11.6. The summed E-state index contributed by atoms with van der Waals surface area (Å²) in [5, 5.41) is 0. The van der Waals surface area contributed by atoms with Gasteiger partial charge in [-0.15, -0.1) is 0 Å². The molecule has 0 unspecified atom stereocenters. The van der Waals surface area contributed by atoms with Crippen LogP contribution < -0.4 is 0 Å². The van der Waals surface area contributed by atoms with Crippen LogP contribution in [0.5, 0.6) is 0 Å². The van der Waals surface area contributed by atoms with Crippen molar-refractivity contribution in [1.29, 1.82) is 0 Å². The largest absolute Gasteiger partial charge is 0.295 e. The molecule has 0 bridgehead atoms. The van der Waals surface area contributed by atoms with E-state index >= 15 is 0 Å². The molecular weight excluding hydrogens is 148 g/mol. The van der Waals surface area contributed by atoms with Crippen LogP contribution in [0, 0.1) is 5.41 Å². The molecule has 0 atom stereocenters. The molecule has 1 heteroatoms. The van der Waals surface area contributed by atoms with E-state index in [1.54, 1.807) is 0 Å². The Kier molecular flexibility index (Phi) is 2.41. The Bertz CT molecular complexity index is 228. The lowest BCUT2D eigenvalue weighted by Crippen LogP contribution is -2.22. The number of Topliss-reactive ketones (excluding diaryl/α,β-unsaturated/α-hetero) is 1. The van der Waals surface area contributed by atoms with Crippen molar-refractivity contribution in [2.24, 2.45) is 5.41 Å². The van der Waals surface area contributed by atoms with Crippen molar-refractivity contribution in [2.45, 2.75) is 47.0 Å². The summed E-state index contributed by atoms with van der Waals surface area (Å²) >= 11 is 0. The van der Waals surface area contributed by atoms with Crippen LogP contribution in [-0.2, 0) is 4.79 Å². The van der Waals surface area contributed by atoms with Crippen molar-refractivity contribution < 1.29 is 4.79 Å². The minimum absolute atomic E-state index is 0.0432. The van der Waals surface area contributed by atoms with Gasteiger partial charge in [0.2, 0.25) is 0 Å². The van der Waals surface area contributed by atoms with E-state index in [2.05, 4.69) is 27.7 Å². The van der Waals surface area contributed by atoms with Crippen LogP contribution in [0.1, 0.15) is 47.0 Å². The van der Waals surface area contributed by atoms with Gasteiger partial charge in [-0.25, -0.2) is 0 Å². The third-order valence-electron chi connectivity index (χ3n) is 2.41. The fourth-order valence-corrected chi connectivity index (χ4v) is 2.06. The third-order valence-corrected chi connectivity index (χ3v) is 2.41. The summed E-state index contributed by atoms with van der Waals surface area (Å²) in [6.45, 7) is 8.46. The van der Waals surface area contributed by atoms with Crippen LogP contribution in [0.25, 0.3) is 0 Å². The molecule has 1 rings (SSSR count). The van der Waals surface area contributed by atoms with Crippen LogP contribution >= 0.6 is 0 Å². The minimum atomic E-state index is 0.0432. The van der Waals surface area contributed by atoms with Crippen molar-refractivity contribution in [3.8, 4) is 0 Å². The normalized spacial score (nSPS) is 20.2. The number of ketones is 1. The van der Waals surface area contributed by atoms with Gasteiger partial charge in [-0.05, 0) is 30.8 Å². The molecule has 0 saturated heterocycles. The first kappa shape index (κ1) is 9.50. The summed E-state index contributed by atoms with van der Waals surface area (Å²) in [5.74, 6) is 0.367. The summed E-state index contributed by atoms with van der Waals surface area (Å²) in [7, 11) is 0. The molecule has 0 aromatic carbocycles.